The fraction of sp³-hybridized carbons (Fsp3) is 0.300. The monoisotopic (exact) mass is 239 g/mol. The van der Waals surface area contributed by atoms with Crippen LogP contribution < -0.4 is 11.1 Å². The van der Waals surface area contributed by atoms with E-state index in [-0.39, 0.29) is 11.0 Å². The minimum atomic E-state index is -0.250. The van der Waals surface area contributed by atoms with Gasteiger partial charge in [0.2, 0.25) is 0 Å². The van der Waals surface area contributed by atoms with Gasteiger partial charge in [0.05, 0.1) is 31.1 Å². The molecule has 1 rings (SSSR count). The van der Waals surface area contributed by atoms with Gasteiger partial charge >= 0.3 is 5.97 Å². The average molecular weight is 239 g/mol. The van der Waals surface area contributed by atoms with Crippen LogP contribution in [0.2, 0.25) is 0 Å². The molecule has 0 bridgehead atoms. The third kappa shape index (κ3) is 3.82. The van der Waals surface area contributed by atoms with Crippen LogP contribution in [0, 0.1) is 0 Å². The van der Waals surface area contributed by atoms with E-state index in [9.17, 15) is 4.79 Å². The maximum Gasteiger partial charge on any atom is 0.307 e. The lowest BCUT2D eigenvalue weighted by Gasteiger charge is -2.05. The van der Waals surface area contributed by atoms with E-state index in [4.69, 9.17) is 18.0 Å². The summed E-state index contributed by atoms with van der Waals surface area (Å²) < 4.78 is 4.51. The fourth-order valence-corrected chi connectivity index (χ4v) is 1.18. The van der Waals surface area contributed by atoms with Gasteiger partial charge in [0, 0.05) is 6.54 Å². The van der Waals surface area contributed by atoms with Crippen molar-refractivity contribution in [3.8, 4) is 0 Å². The normalized spacial score (nSPS) is 9.56. The molecule has 1 heterocycles. The molecule has 1 aromatic heterocycles. The molecule has 0 aliphatic carbocycles. The Hall–Kier alpha value is -1.69. The van der Waals surface area contributed by atoms with Crippen LogP contribution in [0.1, 0.15) is 12.1 Å². The van der Waals surface area contributed by atoms with E-state index in [2.05, 4.69) is 15.0 Å². The molecule has 0 atom stereocenters. The lowest BCUT2D eigenvalue weighted by atomic mass is 10.3. The number of anilines is 1. The molecule has 0 amide bonds. The molecule has 0 radical (unpaired) electrons. The van der Waals surface area contributed by atoms with Gasteiger partial charge in [-0.15, -0.1) is 0 Å². The van der Waals surface area contributed by atoms with Crippen LogP contribution in [-0.4, -0.2) is 29.6 Å². The van der Waals surface area contributed by atoms with Crippen molar-refractivity contribution in [2.75, 3.05) is 19.0 Å². The summed E-state index contributed by atoms with van der Waals surface area (Å²) in [5.74, 6) is -0.250. The number of rotatable bonds is 5. The number of pyridine rings is 1. The molecule has 0 aliphatic rings. The van der Waals surface area contributed by atoms with Crippen molar-refractivity contribution >= 4 is 28.9 Å². The second-order valence-electron chi connectivity index (χ2n) is 3.05. The van der Waals surface area contributed by atoms with Crippen LogP contribution >= 0.6 is 12.2 Å². The Bertz CT molecular complexity index is 378. The second-order valence-corrected chi connectivity index (χ2v) is 3.49. The number of carbonyl (C=O) groups is 1. The van der Waals surface area contributed by atoms with Gasteiger partial charge in [-0.2, -0.15) is 0 Å². The van der Waals surface area contributed by atoms with Gasteiger partial charge in [-0.05, 0) is 12.1 Å². The summed E-state index contributed by atoms with van der Waals surface area (Å²) in [5, 5.41) is 3.03. The van der Waals surface area contributed by atoms with E-state index in [0.29, 0.717) is 18.7 Å². The number of carbonyl (C=O) groups excluding carboxylic acids is 1. The number of esters is 1. The zero-order valence-corrected chi connectivity index (χ0v) is 9.71. The van der Waals surface area contributed by atoms with Gasteiger partial charge in [-0.1, -0.05) is 12.2 Å². The number of ether oxygens (including phenoxy) is 1. The van der Waals surface area contributed by atoms with Crippen molar-refractivity contribution in [1.29, 1.82) is 0 Å². The van der Waals surface area contributed by atoms with Gasteiger partial charge < -0.3 is 15.8 Å². The lowest BCUT2D eigenvalue weighted by Crippen LogP contribution is -2.12. The minimum Gasteiger partial charge on any atom is -0.469 e. The average Bonchev–Trinajstić information content (AvgIpc) is 2.29. The number of aromatic nitrogens is 1. The van der Waals surface area contributed by atoms with Crippen molar-refractivity contribution in [2.24, 2.45) is 5.73 Å². The van der Waals surface area contributed by atoms with Crippen LogP contribution in [0.15, 0.2) is 18.3 Å². The zero-order valence-electron chi connectivity index (χ0n) is 8.90. The number of hydrogen-bond acceptors (Lipinski definition) is 5. The van der Waals surface area contributed by atoms with Crippen LogP contribution in [0.4, 0.5) is 5.69 Å². The van der Waals surface area contributed by atoms with E-state index in [1.165, 1.54) is 7.11 Å². The Morgan fingerprint density at radius 1 is 1.62 bits per heavy atom. The molecular formula is C10H13N3O2S. The third-order valence-corrected chi connectivity index (χ3v) is 2.11. The summed E-state index contributed by atoms with van der Waals surface area (Å²) in [4.78, 5) is 15.2. The highest BCUT2D eigenvalue weighted by molar-refractivity contribution is 7.80. The zero-order chi connectivity index (χ0) is 12.0. The minimum absolute atomic E-state index is 0.250. The smallest absolute Gasteiger partial charge is 0.307 e. The number of hydrogen-bond donors (Lipinski definition) is 2. The predicted molar refractivity (Wildman–Crippen MR) is 65.2 cm³/mol. The van der Waals surface area contributed by atoms with E-state index >= 15 is 0 Å². The highest BCUT2D eigenvalue weighted by atomic mass is 32.1. The first kappa shape index (κ1) is 12.4. The van der Waals surface area contributed by atoms with Gasteiger partial charge in [0.1, 0.15) is 4.99 Å². The number of nitrogens with one attached hydrogen (secondary N) is 1. The summed E-state index contributed by atoms with van der Waals surface area (Å²) in [6.45, 7) is 0.501. The Kier molecular flexibility index (Phi) is 4.65. The van der Waals surface area contributed by atoms with Crippen molar-refractivity contribution in [3.63, 3.8) is 0 Å². The first-order valence-corrected chi connectivity index (χ1v) is 5.11. The number of thiocarbonyl (C=S) groups is 1. The summed E-state index contributed by atoms with van der Waals surface area (Å²) in [6, 6.07) is 3.53. The standard InChI is InChI=1S/C10H13N3O2S/c1-15-9(14)4-5-12-7-2-3-8(10(11)16)13-6-7/h2-3,6,12H,4-5H2,1H3,(H2,11,16). The Balaban J connectivity index is 2.43. The molecule has 16 heavy (non-hydrogen) atoms. The molecular weight excluding hydrogens is 226 g/mol. The van der Waals surface area contributed by atoms with Crippen LogP contribution in [0.3, 0.4) is 0 Å². The van der Waals surface area contributed by atoms with E-state index in [0.717, 1.165) is 5.69 Å². The van der Waals surface area contributed by atoms with E-state index in [1.807, 2.05) is 0 Å². The van der Waals surface area contributed by atoms with E-state index in [1.54, 1.807) is 18.3 Å². The highest BCUT2D eigenvalue weighted by Crippen LogP contribution is 2.06. The molecule has 5 nitrogen and oxygen atoms in total. The van der Waals surface area contributed by atoms with Gasteiger partial charge in [0.25, 0.3) is 0 Å². The van der Waals surface area contributed by atoms with Gasteiger partial charge in [0.15, 0.2) is 0 Å². The molecule has 0 saturated carbocycles. The molecule has 0 aromatic carbocycles. The molecule has 0 fully saturated rings. The largest absolute Gasteiger partial charge is 0.469 e. The number of nitrogens with two attached hydrogens (primary N) is 1. The van der Waals surface area contributed by atoms with Crippen molar-refractivity contribution in [1.82, 2.24) is 4.98 Å². The van der Waals surface area contributed by atoms with Gasteiger partial charge in [-0.25, -0.2) is 0 Å². The second kappa shape index (κ2) is 6.02. The SMILES string of the molecule is COC(=O)CCNc1ccc(C(N)=S)nc1. The molecule has 6 heteroatoms. The molecule has 1 aromatic rings. The van der Waals surface area contributed by atoms with E-state index < -0.39 is 0 Å². The summed E-state index contributed by atoms with van der Waals surface area (Å²) in [6.07, 6.45) is 1.93. The van der Waals surface area contributed by atoms with Crippen LogP contribution in [0.5, 0.6) is 0 Å². The van der Waals surface area contributed by atoms with Crippen molar-refractivity contribution in [2.45, 2.75) is 6.42 Å². The molecule has 3 N–H and O–H groups in total. The number of methoxy groups -OCH3 is 1. The van der Waals surface area contributed by atoms with Crippen LogP contribution in [0.25, 0.3) is 0 Å². The van der Waals surface area contributed by atoms with Crippen molar-refractivity contribution < 1.29 is 9.53 Å². The third-order valence-electron chi connectivity index (χ3n) is 1.90. The fourth-order valence-electron chi connectivity index (χ4n) is 1.06. The summed E-state index contributed by atoms with van der Waals surface area (Å²) in [7, 11) is 1.36. The molecule has 0 unspecified atom stereocenters. The molecule has 0 aliphatic heterocycles. The maximum atomic E-state index is 10.8. The summed E-state index contributed by atoms with van der Waals surface area (Å²) >= 11 is 4.78. The maximum absolute atomic E-state index is 10.8. The first-order valence-electron chi connectivity index (χ1n) is 4.70. The van der Waals surface area contributed by atoms with Gasteiger partial charge in [-0.3, -0.25) is 9.78 Å². The Labute approximate surface area is 99.0 Å². The highest BCUT2D eigenvalue weighted by Gasteiger charge is 2.00. The Morgan fingerprint density at radius 3 is 2.88 bits per heavy atom. The molecule has 0 spiro atoms. The molecule has 86 valence electrons. The quantitative estimate of drug-likeness (QED) is 0.581. The summed E-state index contributed by atoms with van der Waals surface area (Å²) in [5.41, 5.74) is 6.80. The Morgan fingerprint density at radius 2 is 2.38 bits per heavy atom. The van der Waals surface area contributed by atoms with Crippen LogP contribution in [-0.2, 0) is 9.53 Å². The first-order chi connectivity index (χ1) is 7.63. The topological polar surface area (TPSA) is 77.2 Å². The predicted octanol–water partition coefficient (Wildman–Crippen LogP) is 0.691. The molecule has 0 saturated heterocycles. The lowest BCUT2D eigenvalue weighted by molar-refractivity contribution is -0.140. The number of nitrogens with zero attached hydrogens (tertiary/aromatic N) is 1. The van der Waals surface area contributed by atoms with Crippen molar-refractivity contribution in [3.05, 3.63) is 24.0 Å².